The summed E-state index contributed by atoms with van der Waals surface area (Å²) in [4.78, 5) is 23.2. The van der Waals surface area contributed by atoms with Crippen molar-refractivity contribution < 1.29 is 0 Å². The number of hydrogen-bond acceptors (Lipinski definition) is 6. The van der Waals surface area contributed by atoms with Crippen molar-refractivity contribution in [3.05, 3.63) is 65.6 Å². The van der Waals surface area contributed by atoms with Gasteiger partial charge in [-0.1, -0.05) is 26.0 Å². The second kappa shape index (κ2) is 7.64. The molecular weight excluding hydrogens is 366 g/mol. The molecule has 3 aromatic rings. The fourth-order valence-corrected chi connectivity index (χ4v) is 3.21. The van der Waals surface area contributed by atoms with Crippen molar-refractivity contribution in [2.24, 2.45) is 0 Å². The zero-order chi connectivity index (χ0) is 21.3. The highest BCUT2D eigenvalue weighted by Gasteiger charge is 2.27. The Bertz CT molecular complexity index is 1200. The number of anilines is 2. The summed E-state index contributed by atoms with van der Waals surface area (Å²) < 4.78 is 3.07. The first-order valence-corrected chi connectivity index (χ1v) is 9.03. The third-order valence-corrected chi connectivity index (χ3v) is 5.19. The number of likely N-dealkylation sites (N-methyl/N-ethyl adjacent to an activating group) is 1. The molecule has 8 nitrogen and oxygen atoms in total. The van der Waals surface area contributed by atoms with Gasteiger partial charge in [-0.15, -0.1) is 6.42 Å². The van der Waals surface area contributed by atoms with Crippen LogP contribution in [0.15, 0.2) is 48.7 Å². The molecule has 0 aromatic carbocycles. The van der Waals surface area contributed by atoms with Gasteiger partial charge in [0.1, 0.15) is 34.9 Å². The van der Waals surface area contributed by atoms with Gasteiger partial charge in [0.15, 0.2) is 0 Å². The summed E-state index contributed by atoms with van der Waals surface area (Å²) in [7, 11) is 1.86. The number of nitrogens with two attached hydrogens (primary N) is 1. The maximum Gasteiger partial charge on any atom is 0.282 e. The third kappa shape index (κ3) is 3.27. The number of hydrogen-bond donors (Lipinski definition) is 1. The highest BCUT2D eigenvalue weighted by Crippen LogP contribution is 2.27. The van der Waals surface area contributed by atoms with Crippen molar-refractivity contribution in [2.45, 2.75) is 25.8 Å². The average Bonchev–Trinajstić information content (AvgIpc) is 3.20. The normalized spacial score (nSPS) is 12.9. The minimum Gasteiger partial charge on any atom is -0.382 e. The second-order valence-electron chi connectivity index (χ2n) is 6.77. The Labute approximate surface area is 169 Å². The molecule has 2 unspecified atom stereocenters. The fraction of sp³-hybridized carbons (Fsp3) is 0.238. The van der Waals surface area contributed by atoms with E-state index in [0.29, 0.717) is 28.4 Å². The van der Waals surface area contributed by atoms with E-state index in [9.17, 15) is 4.79 Å². The molecule has 2 atom stereocenters. The molecule has 148 valence electrons. The molecule has 0 aliphatic carbocycles. The van der Waals surface area contributed by atoms with Gasteiger partial charge in [0.2, 0.25) is 0 Å². The molecule has 8 heteroatoms. The number of fused-ring (bicyclic) bond motifs is 1. The van der Waals surface area contributed by atoms with Crippen LogP contribution in [0.2, 0.25) is 0 Å². The molecule has 0 saturated carbocycles. The smallest absolute Gasteiger partial charge is 0.282 e. The first-order chi connectivity index (χ1) is 13.8. The number of nitrogens with zero attached hydrogens (tertiary/aromatic N) is 6. The predicted molar refractivity (Wildman–Crippen MR) is 116 cm³/mol. The maximum absolute atomic E-state index is 13.0. The number of aromatic nitrogens is 5. The largest absolute Gasteiger partial charge is 0.382 e. The second-order valence-corrected chi connectivity index (χ2v) is 6.77. The molecular formula is C21H23N7O. The minimum absolute atomic E-state index is 0.139. The molecule has 3 aromatic heterocycles. The van der Waals surface area contributed by atoms with Gasteiger partial charge in [-0.25, -0.2) is 14.5 Å². The lowest BCUT2D eigenvalue weighted by Gasteiger charge is -2.32. The lowest BCUT2D eigenvalue weighted by molar-refractivity contribution is 0.525. The number of allylic oxidation sites excluding steroid dienone is 2. The van der Waals surface area contributed by atoms with Gasteiger partial charge in [-0.05, 0) is 25.1 Å². The molecule has 0 aliphatic rings. The van der Waals surface area contributed by atoms with E-state index in [4.69, 9.17) is 12.2 Å². The van der Waals surface area contributed by atoms with Crippen molar-refractivity contribution in [1.82, 2.24) is 24.1 Å². The Morgan fingerprint density at radius 3 is 2.79 bits per heavy atom. The molecule has 0 radical (unpaired) electrons. The van der Waals surface area contributed by atoms with Crippen LogP contribution >= 0.6 is 0 Å². The van der Waals surface area contributed by atoms with Gasteiger partial charge in [-0.3, -0.25) is 9.36 Å². The van der Waals surface area contributed by atoms with E-state index in [1.807, 2.05) is 25.8 Å². The Morgan fingerprint density at radius 1 is 1.41 bits per heavy atom. The highest BCUT2D eigenvalue weighted by molar-refractivity contribution is 5.64. The molecule has 0 saturated heterocycles. The maximum atomic E-state index is 13.0. The molecule has 0 amide bonds. The first kappa shape index (κ1) is 19.9. The minimum atomic E-state index is -0.206. The van der Waals surface area contributed by atoms with Gasteiger partial charge < -0.3 is 10.6 Å². The molecule has 0 aliphatic heterocycles. The van der Waals surface area contributed by atoms with Crippen LogP contribution in [0.5, 0.6) is 0 Å². The Hall–Kier alpha value is -3.86. The summed E-state index contributed by atoms with van der Waals surface area (Å²) in [6, 6.07) is 3.35. The van der Waals surface area contributed by atoms with E-state index in [2.05, 4.69) is 34.1 Å². The summed E-state index contributed by atoms with van der Waals surface area (Å²) in [5.41, 5.74) is 7.04. The molecule has 0 bridgehead atoms. The summed E-state index contributed by atoms with van der Waals surface area (Å²) in [5, 5.41) is 4.67. The topological polar surface area (TPSA) is 94.3 Å². The molecule has 3 heterocycles. The van der Waals surface area contributed by atoms with E-state index in [-0.39, 0.29) is 23.3 Å². The van der Waals surface area contributed by atoms with Gasteiger partial charge in [0.05, 0.1) is 0 Å². The fourth-order valence-electron chi connectivity index (χ4n) is 3.21. The molecule has 2 N–H and O–H groups in total. The summed E-state index contributed by atoms with van der Waals surface area (Å²) in [5.74, 6) is 3.69. The van der Waals surface area contributed by atoms with Crippen LogP contribution < -0.4 is 16.2 Å². The summed E-state index contributed by atoms with van der Waals surface area (Å²) in [6.07, 6.45) is 10.3. The Balaban J connectivity index is 2.12. The highest BCUT2D eigenvalue weighted by atomic mass is 16.1. The standard InChI is InChI=1S/C21H23N7O/c1-7-13(3)28-19(25-27-11-9-10-17(27)21(28)29)14(4)15(5)26(6)20-16(8-2)18(22)23-12-24-20/h2,7,9-12,14-15H,1,3H2,4-6H3,(H2,22,23,24). The van der Waals surface area contributed by atoms with Gasteiger partial charge >= 0.3 is 0 Å². The zero-order valence-electron chi connectivity index (χ0n) is 16.7. The lowest BCUT2D eigenvalue weighted by Crippen LogP contribution is -2.38. The average molecular weight is 389 g/mol. The van der Waals surface area contributed by atoms with E-state index in [1.54, 1.807) is 22.8 Å². The van der Waals surface area contributed by atoms with Gasteiger partial charge in [0.25, 0.3) is 5.56 Å². The van der Waals surface area contributed by atoms with Crippen LogP contribution in [-0.2, 0) is 0 Å². The van der Waals surface area contributed by atoms with Gasteiger partial charge in [-0.2, -0.15) is 5.10 Å². The van der Waals surface area contributed by atoms with E-state index in [0.717, 1.165) is 0 Å². The SMILES string of the molecule is C#Cc1c(N)ncnc1N(C)C(C)C(C)c1nn2cccc2c(=O)n1C(=C)C=C. The predicted octanol–water partition coefficient (Wildman–Crippen LogP) is 2.13. The van der Waals surface area contributed by atoms with Crippen molar-refractivity contribution in [3.8, 4) is 12.3 Å². The van der Waals surface area contributed by atoms with Crippen LogP contribution in [0, 0.1) is 12.3 Å². The van der Waals surface area contributed by atoms with E-state index >= 15 is 0 Å². The summed E-state index contributed by atoms with van der Waals surface area (Å²) >= 11 is 0. The first-order valence-electron chi connectivity index (χ1n) is 9.03. The van der Waals surface area contributed by atoms with Crippen molar-refractivity contribution in [3.63, 3.8) is 0 Å². The van der Waals surface area contributed by atoms with Crippen molar-refractivity contribution in [1.29, 1.82) is 0 Å². The van der Waals surface area contributed by atoms with Crippen molar-refractivity contribution >= 4 is 22.8 Å². The molecule has 0 fully saturated rings. The monoisotopic (exact) mass is 389 g/mol. The van der Waals surface area contributed by atoms with Crippen LogP contribution in [0.25, 0.3) is 11.2 Å². The Morgan fingerprint density at radius 2 is 2.14 bits per heavy atom. The van der Waals surface area contributed by atoms with Gasteiger partial charge in [0, 0.05) is 30.9 Å². The molecule has 0 spiro atoms. The zero-order valence-corrected chi connectivity index (χ0v) is 16.7. The number of nitrogen functional groups attached to an aromatic ring is 1. The molecule has 3 rings (SSSR count). The molecule has 29 heavy (non-hydrogen) atoms. The van der Waals surface area contributed by atoms with Crippen LogP contribution in [0.4, 0.5) is 11.6 Å². The number of rotatable bonds is 6. The third-order valence-electron chi connectivity index (χ3n) is 5.19. The van der Waals surface area contributed by atoms with Crippen LogP contribution in [-0.4, -0.2) is 37.2 Å². The van der Waals surface area contributed by atoms with E-state index < -0.39 is 0 Å². The van der Waals surface area contributed by atoms with Crippen LogP contribution in [0.3, 0.4) is 0 Å². The van der Waals surface area contributed by atoms with E-state index in [1.165, 1.54) is 17.0 Å². The number of terminal acetylenes is 1. The van der Waals surface area contributed by atoms with Crippen molar-refractivity contribution in [2.75, 3.05) is 17.7 Å². The van der Waals surface area contributed by atoms with Crippen LogP contribution in [0.1, 0.15) is 31.2 Å². The quantitative estimate of drug-likeness (QED) is 0.513. The summed E-state index contributed by atoms with van der Waals surface area (Å²) in [6.45, 7) is 11.7. The Kier molecular flexibility index (Phi) is 5.24. The lowest BCUT2D eigenvalue weighted by atomic mass is 10.0.